The Hall–Kier alpha value is -2.30. The lowest BCUT2D eigenvalue weighted by atomic mass is 10.2. The summed E-state index contributed by atoms with van der Waals surface area (Å²) >= 11 is 0. The molecule has 0 saturated carbocycles. The number of nitrogens with one attached hydrogen (secondary N) is 3. The van der Waals surface area contributed by atoms with E-state index in [2.05, 4.69) is 16.0 Å². The van der Waals surface area contributed by atoms with Gasteiger partial charge in [-0.15, -0.1) is 0 Å². The average molecular weight is 393 g/mol. The SMILES string of the molecule is O=C(CCNC(=O)N[C@H]1CCS(=O)(=O)C1)Nc1cccc(C(F)(F)F)c1. The van der Waals surface area contributed by atoms with E-state index in [-0.39, 0.29) is 30.2 Å². The second-order valence-electron chi connectivity index (χ2n) is 5.88. The molecule has 1 aromatic carbocycles. The third kappa shape index (κ3) is 6.21. The van der Waals surface area contributed by atoms with Crippen LogP contribution in [-0.2, 0) is 20.8 Å². The lowest BCUT2D eigenvalue weighted by Crippen LogP contribution is -2.43. The van der Waals surface area contributed by atoms with E-state index in [0.717, 1.165) is 12.1 Å². The Morgan fingerprint density at radius 2 is 1.96 bits per heavy atom. The molecule has 3 amide bonds. The molecule has 0 radical (unpaired) electrons. The van der Waals surface area contributed by atoms with Gasteiger partial charge in [0.25, 0.3) is 0 Å². The largest absolute Gasteiger partial charge is 0.416 e. The van der Waals surface area contributed by atoms with E-state index >= 15 is 0 Å². The molecule has 0 aromatic heterocycles. The average Bonchev–Trinajstić information content (AvgIpc) is 2.85. The van der Waals surface area contributed by atoms with Crippen molar-refractivity contribution >= 4 is 27.5 Å². The molecule has 2 rings (SSSR count). The number of benzene rings is 1. The summed E-state index contributed by atoms with van der Waals surface area (Å²) < 4.78 is 60.4. The number of carbonyl (C=O) groups excluding carboxylic acids is 2. The molecule has 1 fully saturated rings. The summed E-state index contributed by atoms with van der Waals surface area (Å²) in [5, 5.41) is 7.22. The number of rotatable bonds is 5. The van der Waals surface area contributed by atoms with Crippen LogP contribution in [0.5, 0.6) is 0 Å². The molecular formula is C15H18F3N3O4S. The predicted octanol–water partition coefficient (Wildman–Crippen LogP) is 1.52. The zero-order valence-electron chi connectivity index (χ0n) is 13.6. The zero-order chi connectivity index (χ0) is 19.4. The maximum atomic E-state index is 12.6. The van der Waals surface area contributed by atoms with Crippen LogP contribution in [0, 0.1) is 0 Å². The molecule has 1 aromatic rings. The van der Waals surface area contributed by atoms with Crippen LogP contribution < -0.4 is 16.0 Å². The van der Waals surface area contributed by atoms with Gasteiger partial charge in [0, 0.05) is 24.7 Å². The summed E-state index contributed by atoms with van der Waals surface area (Å²) in [6, 6.07) is 3.16. The van der Waals surface area contributed by atoms with Crippen LogP contribution >= 0.6 is 0 Å². The molecule has 0 unspecified atom stereocenters. The van der Waals surface area contributed by atoms with Crippen LogP contribution in [0.1, 0.15) is 18.4 Å². The quantitative estimate of drug-likeness (QED) is 0.706. The summed E-state index contributed by atoms with van der Waals surface area (Å²) in [5.74, 6) is -0.651. The molecule has 0 spiro atoms. The van der Waals surface area contributed by atoms with Crippen molar-refractivity contribution in [3.05, 3.63) is 29.8 Å². The van der Waals surface area contributed by atoms with E-state index in [1.807, 2.05) is 0 Å². The first kappa shape index (κ1) is 20.0. The van der Waals surface area contributed by atoms with Gasteiger partial charge >= 0.3 is 12.2 Å². The first-order chi connectivity index (χ1) is 12.0. The first-order valence-electron chi connectivity index (χ1n) is 7.77. The Labute approximate surface area is 148 Å². The van der Waals surface area contributed by atoms with Crippen molar-refractivity contribution in [3.63, 3.8) is 0 Å². The number of urea groups is 1. The predicted molar refractivity (Wildman–Crippen MR) is 88.3 cm³/mol. The number of hydrogen-bond acceptors (Lipinski definition) is 4. The molecule has 0 bridgehead atoms. The number of halogens is 3. The normalized spacial score (nSPS) is 19.0. The first-order valence-corrected chi connectivity index (χ1v) is 9.59. The molecule has 3 N–H and O–H groups in total. The minimum atomic E-state index is -4.51. The van der Waals surface area contributed by atoms with Crippen molar-refractivity contribution in [3.8, 4) is 0 Å². The van der Waals surface area contributed by atoms with Crippen LogP contribution in [0.3, 0.4) is 0 Å². The molecule has 7 nitrogen and oxygen atoms in total. The number of hydrogen-bond donors (Lipinski definition) is 3. The monoisotopic (exact) mass is 393 g/mol. The highest BCUT2D eigenvalue weighted by molar-refractivity contribution is 7.91. The molecule has 1 aliphatic heterocycles. The molecule has 1 aliphatic rings. The molecular weight excluding hydrogens is 375 g/mol. The van der Waals surface area contributed by atoms with E-state index in [9.17, 15) is 31.2 Å². The fourth-order valence-electron chi connectivity index (χ4n) is 2.43. The molecule has 144 valence electrons. The number of sulfone groups is 1. The number of carbonyl (C=O) groups is 2. The number of anilines is 1. The zero-order valence-corrected chi connectivity index (χ0v) is 14.4. The van der Waals surface area contributed by atoms with Crippen LogP contribution in [-0.4, -0.2) is 44.4 Å². The lowest BCUT2D eigenvalue weighted by molar-refractivity contribution is -0.137. The maximum absolute atomic E-state index is 12.6. The summed E-state index contributed by atoms with van der Waals surface area (Å²) in [6.07, 6.45) is -4.31. The fraction of sp³-hybridized carbons (Fsp3) is 0.467. The van der Waals surface area contributed by atoms with Gasteiger partial charge in [-0.05, 0) is 24.6 Å². The van der Waals surface area contributed by atoms with Gasteiger partial charge in [-0.1, -0.05) is 6.07 Å². The molecule has 26 heavy (non-hydrogen) atoms. The Morgan fingerprint density at radius 1 is 1.23 bits per heavy atom. The second kappa shape index (κ2) is 7.94. The Kier molecular flexibility index (Phi) is 6.11. The number of amides is 3. The van der Waals surface area contributed by atoms with Crippen molar-refractivity contribution in [1.82, 2.24) is 10.6 Å². The van der Waals surface area contributed by atoms with E-state index in [1.165, 1.54) is 12.1 Å². The molecule has 1 heterocycles. The number of alkyl halides is 3. The summed E-state index contributed by atoms with van der Waals surface area (Å²) in [6.45, 7) is -0.0455. The topological polar surface area (TPSA) is 104 Å². The molecule has 11 heteroatoms. The van der Waals surface area contributed by atoms with Crippen LogP contribution in [0.2, 0.25) is 0 Å². The highest BCUT2D eigenvalue weighted by atomic mass is 32.2. The summed E-state index contributed by atoms with van der Waals surface area (Å²) in [4.78, 5) is 23.4. The van der Waals surface area contributed by atoms with Gasteiger partial charge < -0.3 is 16.0 Å². The summed E-state index contributed by atoms with van der Waals surface area (Å²) in [7, 11) is -3.11. The Bertz CT molecular complexity index is 781. The lowest BCUT2D eigenvalue weighted by Gasteiger charge is -2.12. The Balaban J connectivity index is 1.73. The van der Waals surface area contributed by atoms with Crippen molar-refractivity contribution in [2.75, 3.05) is 23.4 Å². The van der Waals surface area contributed by atoms with Gasteiger partial charge in [0.2, 0.25) is 5.91 Å². The molecule has 1 saturated heterocycles. The van der Waals surface area contributed by atoms with Gasteiger partial charge in [0.15, 0.2) is 9.84 Å². The highest BCUT2D eigenvalue weighted by Crippen LogP contribution is 2.30. The van der Waals surface area contributed by atoms with Gasteiger partial charge in [-0.25, -0.2) is 13.2 Å². The van der Waals surface area contributed by atoms with Gasteiger partial charge in [-0.3, -0.25) is 4.79 Å². The van der Waals surface area contributed by atoms with Crippen LogP contribution in [0.15, 0.2) is 24.3 Å². The van der Waals surface area contributed by atoms with Crippen molar-refractivity contribution in [2.45, 2.75) is 25.1 Å². The van der Waals surface area contributed by atoms with E-state index in [0.29, 0.717) is 6.42 Å². The van der Waals surface area contributed by atoms with Crippen molar-refractivity contribution < 1.29 is 31.2 Å². The molecule has 1 atom stereocenters. The smallest absolute Gasteiger partial charge is 0.338 e. The van der Waals surface area contributed by atoms with E-state index in [1.54, 1.807) is 0 Å². The summed E-state index contributed by atoms with van der Waals surface area (Å²) in [5.41, 5.74) is -0.871. The Morgan fingerprint density at radius 3 is 2.58 bits per heavy atom. The van der Waals surface area contributed by atoms with Gasteiger partial charge in [-0.2, -0.15) is 13.2 Å². The fourth-order valence-corrected chi connectivity index (χ4v) is 4.10. The third-order valence-electron chi connectivity index (χ3n) is 3.68. The maximum Gasteiger partial charge on any atom is 0.416 e. The van der Waals surface area contributed by atoms with Crippen molar-refractivity contribution in [1.29, 1.82) is 0 Å². The van der Waals surface area contributed by atoms with Gasteiger partial charge in [0.1, 0.15) is 0 Å². The van der Waals surface area contributed by atoms with Crippen LogP contribution in [0.25, 0.3) is 0 Å². The third-order valence-corrected chi connectivity index (χ3v) is 5.45. The minimum absolute atomic E-state index is 0.00504. The highest BCUT2D eigenvalue weighted by Gasteiger charge is 2.30. The van der Waals surface area contributed by atoms with Gasteiger partial charge in [0.05, 0.1) is 17.1 Å². The van der Waals surface area contributed by atoms with Crippen LogP contribution in [0.4, 0.5) is 23.7 Å². The molecule has 0 aliphatic carbocycles. The second-order valence-corrected chi connectivity index (χ2v) is 8.11. The van der Waals surface area contributed by atoms with E-state index < -0.39 is 39.6 Å². The standard InChI is InChI=1S/C15H18F3N3O4S/c16-15(17,18)10-2-1-3-11(8-10)20-13(22)4-6-19-14(23)21-12-5-7-26(24,25)9-12/h1-3,8,12H,4-7,9H2,(H,20,22)(H2,19,21,23)/t12-/m0/s1. The van der Waals surface area contributed by atoms with Crippen molar-refractivity contribution in [2.24, 2.45) is 0 Å². The van der Waals surface area contributed by atoms with E-state index in [4.69, 9.17) is 0 Å². The minimum Gasteiger partial charge on any atom is -0.338 e.